The smallest absolute Gasteiger partial charge is 0.241 e. The fraction of sp³-hybridized carbons (Fsp3) is 0.0769. The van der Waals surface area contributed by atoms with Gasteiger partial charge in [-0.3, -0.25) is 9.59 Å². The van der Waals surface area contributed by atoms with Gasteiger partial charge in [0.15, 0.2) is 0 Å². The van der Waals surface area contributed by atoms with Gasteiger partial charge in [0.25, 0.3) is 0 Å². The number of para-hydroxylation sites is 1. The summed E-state index contributed by atoms with van der Waals surface area (Å²) in [6, 6.07) is 26.1. The first kappa shape index (κ1) is 18.6. The molecule has 4 heteroatoms. The molecule has 1 heterocycles. The predicted octanol–water partition coefficient (Wildman–Crippen LogP) is 5.41. The van der Waals surface area contributed by atoms with E-state index in [0.29, 0.717) is 17.0 Å². The lowest BCUT2D eigenvalue weighted by molar-refractivity contribution is 0.831. The average Bonchev–Trinajstić information content (AvgIpc) is 3.13. The molecule has 0 amide bonds. The zero-order valence-corrected chi connectivity index (χ0v) is 17.3. The molecule has 30 heavy (non-hydrogen) atoms. The molecule has 0 radical (unpaired) electrons. The van der Waals surface area contributed by atoms with E-state index >= 15 is 0 Å². The van der Waals surface area contributed by atoms with Crippen molar-refractivity contribution in [2.45, 2.75) is 23.3 Å². The number of rotatable bonds is 5. The van der Waals surface area contributed by atoms with Crippen LogP contribution in [-0.2, 0) is 6.54 Å². The summed E-state index contributed by atoms with van der Waals surface area (Å²) in [5.41, 5.74) is 4.09. The van der Waals surface area contributed by atoms with Gasteiger partial charge < -0.3 is 4.57 Å². The molecule has 5 rings (SSSR count). The summed E-state index contributed by atoms with van der Waals surface area (Å²) in [4.78, 5) is 26.5. The maximum atomic E-state index is 12.6. The second-order valence-corrected chi connectivity index (χ2v) is 8.48. The number of benzene rings is 3. The fourth-order valence-corrected chi connectivity index (χ4v) is 4.89. The Balaban J connectivity index is 1.63. The quantitative estimate of drug-likeness (QED) is 0.364. The molecule has 0 aliphatic heterocycles. The third-order valence-electron chi connectivity index (χ3n) is 5.49. The van der Waals surface area contributed by atoms with E-state index in [2.05, 4.69) is 29.7 Å². The first-order valence-electron chi connectivity index (χ1n) is 9.82. The van der Waals surface area contributed by atoms with Crippen LogP contribution < -0.4 is 10.9 Å². The zero-order valence-electron chi connectivity index (χ0n) is 16.5. The standard InChI is InChI=1S/C26H19NO2S/c1-17-9-5-6-10-18(17)15-27-16-21(20-13-7-8-14-22(20)27)23-24(28)25(29)26(23)30-19-11-3-2-4-12-19/h2-14,16H,15H2,1H3. The van der Waals surface area contributed by atoms with Crippen LogP contribution in [0, 0.1) is 6.92 Å². The Labute approximate surface area is 178 Å². The van der Waals surface area contributed by atoms with E-state index in [1.807, 2.05) is 66.9 Å². The Morgan fingerprint density at radius 1 is 0.800 bits per heavy atom. The molecular formula is C26H19NO2S. The molecule has 0 aliphatic carbocycles. The van der Waals surface area contributed by atoms with Crippen molar-refractivity contribution < 1.29 is 0 Å². The SMILES string of the molecule is Cc1ccccc1Cn1cc(-c2c(Sc3ccccc3)c(=O)c2=O)c2ccccc21. The molecule has 0 spiro atoms. The molecule has 146 valence electrons. The molecule has 0 bridgehead atoms. The third-order valence-corrected chi connectivity index (χ3v) is 6.59. The van der Waals surface area contributed by atoms with Gasteiger partial charge in [-0.2, -0.15) is 0 Å². The molecule has 1 aromatic heterocycles. The molecule has 0 saturated carbocycles. The van der Waals surface area contributed by atoms with E-state index in [4.69, 9.17) is 0 Å². The number of hydrogen-bond donors (Lipinski definition) is 0. The number of fused-ring (bicyclic) bond motifs is 1. The summed E-state index contributed by atoms with van der Waals surface area (Å²) < 4.78 is 2.17. The maximum Gasteiger partial charge on any atom is 0.241 e. The third kappa shape index (κ3) is 3.10. The van der Waals surface area contributed by atoms with Crippen molar-refractivity contribution in [1.82, 2.24) is 4.57 Å². The summed E-state index contributed by atoms with van der Waals surface area (Å²) in [6.07, 6.45) is 2.02. The summed E-state index contributed by atoms with van der Waals surface area (Å²) in [5, 5.41) is 0.994. The van der Waals surface area contributed by atoms with E-state index in [1.165, 1.54) is 22.9 Å². The zero-order chi connectivity index (χ0) is 20.7. The van der Waals surface area contributed by atoms with Crippen LogP contribution in [0.25, 0.3) is 22.0 Å². The summed E-state index contributed by atoms with van der Waals surface area (Å²) >= 11 is 1.37. The number of nitrogens with zero attached hydrogens (tertiary/aromatic N) is 1. The molecule has 5 aromatic rings. The predicted molar refractivity (Wildman–Crippen MR) is 123 cm³/mol. The fourth-order valence-electron chi connectivity index (χ4n) is 3.87. The monoisotopic (exact) mass is 409 g/mol. The lowest BCUT2D eigenvalue weighted by atomic mass is 10.0. The minimum absolute atomic E-state index is 0.394. The highest BCUT2D eigenvalue weighted by Gasteiger charge is 2.26. The Morgan fingerprint density at radius 3 is 2.30 bits per heavy atom. The van der Waals surface area contributed by atoms with Gasteiger partial charge in [-0.05, 0) is 36.2 Å². The molecule has 3 nitrogen and oxygen atoms in total. The maximum absolute atomic E-state index is 12.6. The molecule has 0 atom stereocenters. The Bertz CT molecular complexity index is 1440. The van der Waals surface area contributed by atoms with Gasteiger partial charge in [-0.15, -0.1) is 0 Å². The number of aromatic nitrogens is 1. The van der Waals surface area contributed by atoms with Gasteiger partial charge in [0.1, 0.15) is 0 Å². The van der Waals surface area contributed by atoms with Crippen molar-refractivity contribution in [2.24, 2.45) is 0 Å². The van der Waals surface area contributed by atoms with E-state index in [-0.39, 0.29) is 0 Å². The first-order chi connectivity index (χ1) is 14.6. The van der Waals surface area contributed by atoms with E-state index < -0.39 is 10.9 Å². The van der Waals surface area contributed by atoms with E-state index in [1.54, 1.807) is 0 Å². The van der Waals surface area contributed by atoms with Crippen molar-refractivity contribution in [3.8, 4) is 11.1 Å². The molecule has 0 N–H and O–H groups in total. The Hall–Kier alpha value is -3.37. The minimum Gasteiger partial charge on any atom is -0.342 e. The van der Waals surface area contributed by atoms with Crippen LogP contribution in [0.4, 0.5) is 0 Å². The highest BCUT2D eigenvalue weighted by Crippen LogP contribution is 2.37. The van der Waals surface area contributed by atoms with Crippen LogP contribution >= 0.6 is 11.8 Å². The lowest BCUT2D eigenvalue weighted by Gasteiger charge is -2.10. The number of hydrogen-bond acceptors (Lipinski definition) is 3. The van der Waals surface area contributed by atoms with Gasteiger partial charge in [0.05, 0.1) is 10.5 Å². The van der Waals surface area contributed by atoms with Crippen LogP contribution in [-0.4, -0.2) is 4.57 Å². The van der Waals surface area contributed by atoms with Crippen molar-refractivity contribution >= 4 is 22.7 Å². The highest BCUT2D eigenvalue weighted by molar-refractivity contribution is 7.99. The molecule has 0 saturated heterocycles. The average molecular weight is 410 g/mol. The lowest BCUT2D eigenvalue weighted by Crippen LogP contribution is -2.34. The van der Waals surface area contributed by atoms with Crippen LogP contribution in [0.2, 0.25) is 0 Å². The molecular weight excluding hydrogens is 390 g/mol. The van der Waals surface area contributed by atoms with E-state index in [9.17, 15) is 9.59 Å². The van der Waals surface area contributed by atoms with Crippen LogP contribution in [0.5, 0.6) is 0 Å². The van der Waals surface area contributed by atoms with Gasteiger partial charge in [-0.1, -0.05) is 72.4 Å². The highest BCUT2D eigenvalue weighted by atomic mass is 32.2. The Kier molecular flexibility index (Phi) is 4.64. The summed E-state index contributed by atoms with van der Waals surface area (Å²) in [7, 11) is 0. The van der Waals surface area contributed by atoms with Gasteiger partial charge in [0, 0.05) is 34.1 Å². The number of aryl methyl sites for hydroxylation is 1. The summed E-state index contributed by atoms with van der Waals surface area (Å²) in [5.74, 6) is 0. The molecule has 4 aromatic carbocycles. The van der Waals surface area contributed by atoms with Crippen molar-refractivity contribution in [1.29, 1.82) is 0 Å². The minimum atomic E-state index is -0.396. The van der Waals surface area contributed by atoms with Crippen LogP contribution in [0.1, 0.15) is 11.1 Å². The van der Waals surface area contributed by atoms with Crippen LogP contribution in [0.15, 0.2) is 104 Å². The normalized spacial score (nSPS) is 11.4. The largest absolute Gasteiger partial charge is 0.342 e. The van der Waals surface area contributed by atoms with Gasteiger partial charge in [0.2, 0.25) is 10.9 Å². The molecule has 0 unspecified atom stereocenters. The topological polar surface area (TPSA) is 39.1 Å². The van der Waals surface area contributed by atoms with Gasteiger partial charge in [-0.25, -0.2) is 0 Å². The second kappa shape index (κ2) is 7.47. The van der Waals surface area contributed by atoms with E-state index in [0.717, 1.165) is 21.4 Å². The van der Waals surface area contributed by atoms with Crippen molar-refractivity contribution in [3.63, 3.8) is 0 Å². The molecule has 0 fully saturated rings. The second-order valence-electron chi connectivity index (χ2n) is 7.39. The van der Waals surface area contributed by atoms with Gasteiger partial charge >= 0.3 is 0 Å². The summed E-state index contributed by atoms with van der Waals surface area (Å²) in [6.45, 7) is 2.82. The van der Waals surface area contributed by atoms with Crippen molar-refractivity contribution in [3.05, 3.63) is 117 Å². The molecule has 0 aliphatic rings. The Morgan fingerprint density at radius 2 is 1.50 bits per heavy atom. The first-order valence-corrected chi connectivity index (χ1v) is 10.6. The van der Waals surface area contributed by atoms with Crippen LogP contribution in [0.3, 0.4) is 0 Å². The van der Waals surface area contributed by atoms with Crippen molar-refractivity contribution in [2.75, 3.05) is 0 Å².